The molecule has 0 saturated heterocycles. The van der Waals surface area contributed by atoms with Crippen molar-refractivity contribution < 1.29 is 18.6 Å². The van der Waals surface area contributed by atoms with E-state index in [0.717, 1.165) is 16.7 Å². The van der Waals surface area contributed by atoms with Crippen LogP contribution in [0.5, 0.6) is 5.75 Å². The fourth-order valence-electron chi connectivity index (χ4n) is 1.94. The van der Waals surface area contributed by atoms with Gasteiger partial charge in [-0.2, -0.15) is 8.78 Å². The van der Waals surface area contributed by atoms with Gasteiger partial charge in [0.25, 0.3) is 0 Å². The van der Waals surface area contributed by atoms with Gasteiger partial charge in [-0.3, -0.25) is 0 Å². The Hall–Kier alpha value is -1.94. The van der Waals surface area contributed by atoms with Crippen LogP contribution in [0.15, 0.2) is 48.5 Å². The number of aliphatic hydroxyl groups is 1. The Morgan fingerprint density at radius 1 is 0.950 bits per heavy atom. The minimum atomic E-state index is -2.81. The zero-order chi connectivity index (χ0) is 14.5. The lowest BCUT2D eigenvalue weighted by atomic mass is 9.98. The normalized spacial score (nSPS) is 12.4. The van der Waals surface area contributed by atoms with E-state index in [1.165, 1.54) is 12.1 Å². The molecule has 2 rings (SSSR count). The van der Waals surface area contributed by atoms with Crippen molar-refractivity contribution in [3.05, 3.63) is 54.1 Å². The highest BCUT2D eigenvalue weighted by atomic mass is 19.3. The third kappa shape index (κ3) is 3.54. The van der Waals surface area contributed by atoms with Gasteiger partial charge >= 0.3 is 6.61 Å². The van der Waals surface area contributed by atoms with Gasteiger partial charge in [0.15, 0.2) is 0 Å². The van der Waals surface area contributed by atoms with Crippen LogP contribution in [0.25, 0.3) is 11.1 Å². The highest BCUT2D eigenvalue weighted by molar-refractivity contribution is 5.64. The molecule has 0 saturated carbocycles. The Labute approximate surface area is 116 Å². The largest absolute Gasteiger partial charge is 0.435 e. The third-order valence-electron chi connectivity index (χ3n) is 3.17. The Morgan fingerprint density at radius 2 is 1.45 bits per heavy atom. The van der Waals surface area contributed by atoms with E-state index in [0.29, 0.717) is 0 Å². The fraction of sp³-hybridized carbons (Fsp3) is 0.250. The molecular weight excluding hydrogens is 262 g/mol. The zero-order valence-electron chi connectivity index (χ0n) is 11.1. The van der Waals surface area contributed by atoms with Crippen molar-refractivity contribution >= 4 is 0 Å². The molecule has 1 atom stereocenters. The van der Waals surface area contributed by atoms with Gasteiger partial charge in [0.05, 0.1) is 0 Å². The summed E-state index contributed by atoms with van der Waals surface area (Å²) in [5, 5.41) is 9.10. The summed E-state index contributed by atoms with van der Waals surface area (Å²) >= 11 is 0. The van der Waals surface area contributed by atoms with Gasteiger partial charge in [-0.1, -0.05) is 43.3 Å². The number of halogens is 2. The van der Waals surface area contributed by atoms with Gasteiger partial charge in [-0.25, -0.2) is 0 Å². The van der Waals surface area contributed by atoms with Crippen molar-refractivity contribution in [1.29, 1.82) is 0 Å². The molecule has 2 aromatic rings. The third-order valence-corrected chi connectivity index (χ3v) is 3.17. The monoisotopic (exact) mass is 278 g/mol. The van der Waals surface area contributed by atoms with E-state index in [1.54, 1.807) is 12.1 Å². The van der Waals surface area contributed by atoms with Crippen LogP contribution in [0.3, 0.4) is 0 Å². The molecule has 0 spiro atoms. The van der Waals surface area contributed by atoms with Crippen LogP contribution < -0.4 is 4.74 Å². The topological polar surface area (TPSA) is 29.5 Å². The predicted octanol–water partition coefficient (Wildman–Crippen LogP) is 4.05. The summed E-state index contributed by atoms with van der Waals surface area (Å²) in [4.78, 5) is 0. The number of aliphatic hydroxyl groups excluding tert-OH is 1. The van der Waals surface area contributed by atoms with Crippen molar-refractivity contribution in [3.8, 4) is 16.9 Å². The molecule has 0 aliphatic rings. The first-order chi connectivity index (χ1) is 9.60. The Balaban J connectivity index is 2.15. The van der Waals surface area contributed by atoms with Gasteiger partial charge in [-0.15, -0.1) is 0 Å². The van der Waals surface area contributed by atoms with Gasteiger partial charge in [0, 0.05) is 12.5 Å². The molecule has 106 valence electrons. The fourth-order valence-corrected chi connectivity index (χ4v) is 1.94. The van der Waals surface area contributed by atoms with Gasteiger partial charge in [0.2, 0.25) is 0 Å². The molecule has 0 amide bonds. The maximum absolute atomic E-state index is 12.1. The number of benzene rings is 2. The number of alkyl halides is 2. The lowest BCUT2D eigenvalue weighted by Gasteiger charge is -2.10. The lowest BCUT2D eigenvalue weighted by molar-refractivity contribution is -0.0498. The molecule has 0 bridgehead atoms. The average Bonchev–Trinajstić information content (AvgIpc) is 2.47. The summed E-state index contributed by atoms with van der Waals surface area (Å²) in [5.41, 5.74) is 2.98. The molecule has 20 heavy (non-hydrogen) atoms. The van der Waals surface area contributed by atoms with Crippen LogP contribution in [-0.4, -0.2) is 18.3 Å². The van der Waals surface area contributed by atoms with Crippen molar-refractivity contribution in [2.24, 2.45) is 0 Å². The minimum absolute atomic E-state index is 0.103. The van der Waals surface area contributed by atoms with Crippen LogP contribution in [-0.2, 0) is 0 Å². The zero-order valence-corrected chi connectivity index (χ0v) is 11.1. The Kier molecular flexibility index (Phi) is 4.69. The minimum Gasteiger partial charge on any atom is -0.435 e. The van der Waals surface area contributed by atoms with Gasteiger partial charge in [-0.05, 0) is 28.8 Å². The summed E-state index contributed by atoms with van der Waals surface area (Å²) < 4.78 is 28.4. The van der Waals surface area contributed by atoms with Crippen LogP contribution in [0.4, 0.5) is 8.78 Å². The van der Waals surface area contributed by atoms with Crippen LogP contribution in [0, 0.1) is 0 Å². The molecule has 0 aliphatic heterocycles. The van der Waals surface area contributed by atoms with Crippen LogP contribution in [0.1, 0.15) is 18.4 Å². The maximum atomic E-state index is 12.1. The van der Waals surface area contributed by atoms with Crippen molar-refractivity contribution in [2.75, 3.05) is 6.61 Å². The summed E-state index contributed by atoms with van der Waals surface area (Å²) in [5.74, 6) is 0.250. The van der Waals surface area contributed by atoms with E-state index in [-0.39, 0.29) is 18.3 Å². The lowest BCUT2D eigenvalue weighted by Crippen LogP contribution is -2.01. The number of hydrogen-bond acceptors (Lipinski definition) is 2. The van der Waals surface area contributed by atoms with Gasteiger partial charge in [0.1, 0.15) is 5.75 Å². The second-order valence-electron chi connectivity index (χ2n) is 4.61. The van der Waals surface area contributed by atoms with E-state index in [2.05, 4.69) is 4.74 Å². The average molecular weight is 278 g/mol. The molecule has 2 aromatic carbocycles. The van der Waals surface area contributed by atoms with Gasteiger partial charge < -0.3 is 9.84 Å². The first-order valence-corrected chi connectivity index (χ1v) is 6.36. The van der Waals surface area contributed by atoms with Crippen molar-refractivity contribution in [3.63, 3.8) is 0 Å². The highest BCUT2D eigenvalue weighted by Crippen LogP contribution is 2.25. The van der Waals surface area contributed by atoms with Crippen LogP contribution in [0.2, 0.25) is 0 Å². The summed E-state index contributed by atoms with van der Waals surface area (Å²) in [6.45, 7) is -0.745. The molecule has 1 unspecified atom stereocenters. The molecule has 0 aliphatic carbocycles. The van der Waals surface area contributed by atoms with E-state index in [1.807, 2.05) is 31.2 Å². The molecular formula is C16H16F2O2. The van der Waals surface area contributed by atoms with Crippen molar-refractivity contribution in [1.82, 2.24) is 0 Å². The number of hydrogen-bond donors (Lipinski definition) is 1. The molecule has 0 heterocycles. The molecule has 4 heteroatoms. The second-order valence-corrected chi connectivity index (χ2v) is 4.61. The second kappa shape index (κ2) is 6.48. The molecule has 2 nitrogen and oxygen atoms in total. The maximum Gasteiger partial charge on any atom is 0.387 e. The Bertz CT molecular complexity index is 535. The highest BCUT2D eigenvalue weighted by Gasteiger charge is 2.06. The van der Waals surface area contributed by atoms with E-state index in [4.69, 9.17) is 5.11 Å². The molecule has 1 N–H and O–H groups in total. The summed E-state index contributed by atoms with van der Waals surface area (Å²) in [6, 6.07) is 14.3. The van der Waals surface area contributed by atoms with E-state index in [9.17, 15) is 8.78 Å². The quantitative estimate of drug-likeness (QED) is 0.894. The molecule has 0 radical (unpaired) electrons. The smallest absolute Gasteiger partial charge is 0.387 e. The SMILES string of the molecule is CC(CO)c1ccc(-c2ccc(OC(F)F)cc2)cc1. The predicted molar refractivity (Wildman–Crippen MR) is 74.0 cm³/mol. The standard InChI is InChI=1S/C16H16F2O2/c1-11(10-19)12-2-4-13(5-3-12)14-6-8-15(9-7-14)20-16(17)18/h2-9,11,16,19H,10H2,1H3. The number of rotatable bonds is 5. The molecule has 0 aromatic heterocycles. The molecule has 0 fully saturated rings. The van der Waals surface area contributed by atoms with E-state index < -0.39 is 6.61 Å². The first kappa shape index (κ1) is 14.5. The van der Waals surface area contributed by atoms with Crippen molar-refractivity contribution in [2.45, 2.75) is 19.5 Å². The van der Waals surface area contributed by atoms with E-state index >= 15 is 0 Å². The summed E-state index contributed by atoms with van der Waals surface area (Å²) in [7, 11) is 0. The van der Waals surface area contributed by atoms with Crippen LogP contribution >= 0.6 is 0 Å². The summed E-state index contributed by atoms with van der Waals surface area (Å²) in [6.07, 6.45) is 0. The first-order valence-electron chi connectivity index (χ1n) is 6.36. The number of ether oxygens (including phenoxy) is 1. The Morgan fingerprint density at radius 3 is 1.90 bits per heavy atom.